The van der Waals surface area contributed by atoms with Gasteiger partial charge in [0.2, 0.25) is 0 Å². The first kappa shape index (κ1) is 17.5. The smallest absolute Gasteiger partial charge is 0.131 e. The second-order valence-corrected chi connectivity index (χ2v) is 14.8. The molecule has 0 saturated carbocycles. The van der Waals surface area contributed by atoms with Crippen molar-refractivity contribution < 1.29 is 4.57 Å². The number of rotatable bonds is 2. The van der Waals surface area contributed by atoms with Crippen LogP contribution in [0.25, 0.3) is 11.3 Å². The van der Waals surface area contributed by atoms with Crippen LogP contribution in [-0.4, -0.2) is 31.4 Å². The summed E-state index contributed by atoms with van der Waals surface area (Å²) in [5.41, 5.74) is 12.0. The molecule has 0 saturated heterocycles. The summed E-state index contributed by atoms with van der Waals surface area (Å²) in [6.07, 6.45) is 3.35. The monoisotopic (exact) mass is 343 g/mol. The lowest BCUT2D eigenvalue weighted by atomic mass is 10.1. The molecule has 1 heterocycles. The molecule has 2 aromatic rings. The number of anilines is 1. The van der Waals surface area contributed by atoms with Crippen LogP contribution in [0.15, 0.2) is 30.6 Å². The molecule has 0 atom stereocenters. The standard InChI is InChI=1S/C17H22N3OPSi/c1-22(2,21)17-10-13(6-7-15(17)18)16-12-19-11-14(20-16)8-9-23(3,4)5/h6-7,10-12H,18H2,1-5H3. The summed E-state index contributed by atoms with van der Waals surface area (Å²) in [7, 11) is -3.91. The van der Waals surface area contributed by atoms with Crippen molar-refractivity contribution in [2.24, 2.45) is 0 Å². The fourth-order valence-electron chi connectivity index (χ4n) is 1.99. The van der Waals surface area contributed by atoms with Gasteiger partial charge in [-0.25, -0.2) is 4.98 Å². The van der Waals surface area contributed by atoms with Crippen LogP contribution in [-0.2, 0) is 4.57 Å². The first-order valence-electron chi connectivity index (χ1n) is 7.37. The molecule has 120 valence electrons. The minimum Gasteiger partial charge on any atom is -0.398 e. The highest BCUT2D eigenvalue weighted by Crippen LogP contribution is 2.38. The number of nitrogens with two attached hydrogens (primary N) is 1. The van der Waals surface area contributed by atoms with E-state index in [4.69, 9.17) is 5.73 Å². The van der Waals surface area contributed by atoms with Crippen LogP contribution in [0, 0.1) is 11.5 Å². The second-order valence-electron chi connectivity index (χ2n) is 6.91. The van der Waals surface area contributed by atoms with E-state index in [0.717, 1.165) is 5.56 Å². The van der Waals surface area contributed by atoms with E-state index in [1.165, 1.54) is 0 Å². The first-order valence-corrected chi connectivity index (χ1v) is 13.5. The lowest BCUT2D eigenvalue weighted by Gasteiger charge is -2.12. The molecule has 0 radical (unpaired) electrons. The Bertz CT molecular complexity index is 841. The molecule has 1 aromatic heterocycles. The Labute approximate surface area is 138 Å². The molecule has 0 spiro atoms. The zero-order valence-corrected chi connectivity index (χ0v) is 16.1. The Kier molecular flexibility index (Phi) is 4.79. The van der Waals surface area contributed by atoms with Gasteiger partial charge in [0.1, 0.15) is 20.9 Å². The molecule has 1 aromatic carbocycles. The van der Waals surface area contributed by atoms with Crippen molar-refractivity contribution in [3.05, 3.63) is 36.3 Å². The van der Waals surface area contributed by atoms with Crippen LogP contribution >= 0.6 is 7.14 Å². The Morgan fingerprint density at radius 1 is 1.17 bits per heavy atom. The average molecular weight is 343 g/mol. The fraction of sp³-hybridized carbons (Fsp3) is 0.294. The van der Waals surface area contributed by atoms with Crippen molar-refractivity contribution in [1.82, 2.24) is 9.97 Å². The number of nitrogens with zero attached hydrogens (tertiary/aromatic N) is 2. The third kappa shape index (κ3) is 4.79. The van der Waals surface area contributed by atoms with E-state index < -0.39 is 15.2 Å². The van der Waals surface area contributed by atoms with Crippen molar-refractivity contribution in [1.29, 1.82) is 0 Å². The van der Waals surface area contributed by atoms with E-state index in [0.29, 0.717) is 22.4 Å². The summed E-state index contributed by atoms with van der Waals surface area (Å²) in [5.74, 6) is 3.11. The molecule has 4 nitrogen and oxygen atoms in total. The largest absolute Gasteiger partial charge is 0.398 e. The number of hydrogen-bond acceptors (Lipinski definition) is 4. The highest BCUT2D eigenvalue weighted by molar-refractivity contribution is 7.70. The van der Waals surface area contributed by atoms with Crippen molar-refractivity contribution in [2.45, 2.75) is 19.6 Å². The van der Waals surface area contributed by atoms with E-state index in [1.807, 2.05) is 12.1 Å². The predicted molar refractivity (Wildman–Crippen MR) is 101 cm³/mol. The van der Waals surface area contributed by atoms with E-state index in [9.17, 15) is 4.57 Å². The summed E-state index contributed by atoms with van der Waals surface area (Å²) in [6, 6.07) is 5.48. The summed E-state index contributed by atoms with van der Waals surface area (Å²) in [6.45, 7) is 9.98. The van der Waals surface area contributed by atoms with Crippen molar-refractivity contribution in [3.63, 3.8) is 0 Å². The van der Waals surface area contributed by atoms with Gasteiger partial charge in [0.15, 0.2) is 0 Å². The van der Waals surface area contributed by atoms with Gasteiger partial charge in [-0.05, 0) is 25.5 Å². The SMILES string of the molecule is C[Si](C)(C)C#Cc1cncc(-c2ccc(N)c(P(C)(C)=O)c2)n1. The molecular weight excluding hydrogens is 321 g/mol. The normalized spacial score (nSPS) is 11.7. The number of hydrogen-bond donors (Lipinski definition) is 1. The minimum absolute atomic E-state index is 0.546. The van der Waals surface area contributed by atoms with Gasteiger partial charge >= 0.3 is 0 Å². The van der Waals surface area contributed by atoms with Gasteiger partial charge in [0, 0.05) is 16.6 Å². The van der Waals surface area contributed by atoms with E-state index in [1.54, 1.807) is 31.8 Å². The third-order valence-corrected chi connectivity index (χ3v) is 5.53. The topological polar surface area (TPSA) is 68.9 Å². The molecule has 0 bridgehead atoms. The van der Waals surface area contributed by atoms with Crippen molar-refractivity contribution in [2.75, 3.05) is 19.1 Å². The second kappa shape index (κ2) is 6.31. The molecule has 0 aliphatic rings. The molecule has 2 N–H and O–H groups in total. The molecule has 0 fully saturated rings. The third-order valence-electron chi connectivity index (χ3n) is 3.11. The minimum atomic E-state index is -2.45. The molecule has 23 heavy (non-hydrogen) atoms. The fourth-order valence-corrected chi connectivity index (χ4v) is 3.64. The molecule has 0 unspecified atom stereocenters. The van der Waals surface area contributed by atoms with Crippen LogP contribution in [0.5, 0.6) is 0 Å². The van der Waals surface area contributed by atoms with E-state index in [2.05, 4.69) is 41.1 Å². The summed E-state index contributed by atoms with van der Waals surface area (Å²) in [5, 5.41) is 0.676. The summed E-state index contributed by atoms with van der Waals surface area (Å²) >= 11 is 0. The molecular formula is C17H22N3OPSi. The number of nitrogen functional groups attached to an aromatic ring is 1. The maximum absolute atomic E-state index is 12.4. The van der Waals surface area contributed by atoms with Crippen LogP contribution in [0.1, 0.15) is 5.69 Å². The Hall–Kier alpha value is -1.89. The van der Waals surface area contributed by atoms with Gasteiger partial charge in [-0.3, -0.25) is 4.98 Å². The van der Waals surface area contributed by atoms with Gasteiger partial charge in [0.05, 0.1) is 18.1 Å². The molecule has 0 aliphatic carbocycles. The predicted octanol–water partition coefficient (Wildman–Crippen LogP) is 3.20. The van der Waals surface area contributed by atoms with Gasteiger partial charge < -0.3 is 10.3 Å². The van der Waals surface area contributed by atoms with Crippen molar-refractivity contribution in [3.8, 4) is 22.7 Å². The van der Waals surface area contributed by atoms with E-state index in [-0.39, 0.29) is 0 Å². The molecule has 6 heteroatoms. The van der Waals surface area contributed by atoms with Gasteiger partial charge in [-0.2, -0.15) is 0 Å². The average Bonchev–Trinajstić information content (AvgIpc) is 2.44. The van der Waals surface area contributed by atoms with Gasteiger partial charge in [-0.15, -0.1) is 5.54 Å². The quantitative estimate of drug-likeness (QED) is 0.393. The summed E-state index contributed by atoms with van der Waals surface area (Å²) in [4.78, 5) is 8.78. The Morgan fingerprint density at radius 2 is 1.87 bits per heavy atom. The lowest BCUT2D eigenvalue weighted by Crippen LogP contribution is -2.16. The highest BCUT2D eigenvalue weighted by Gasteiger charge is 2.16. The maximum atomic E-state index is 12.4. The van der Waals surface area contributed by atoms with Gasteiger partial charge in [0.25, 0.3) is 0 Å². The molecule has 2 rings (SSSR count). The Balaban J connectivity index is 2.47. The Morgan fingerprint density at radius 3 is 2.48 bits per heavy atom. The van der Waals surface area contributed by atoms with Crippen LogP contribution < -0.4 is 11.0 Å². The van der Waals surface area contributed by atoms with Crippen LogP contribution in [0.4, 0.5) is 5.69 Å². The highest BCUT2D eigenvalue weighted by atomic mass is 31.2. The van der Waals surface area contributed by atoms with E-state index >= 15 is 0 Å². The van der Waals surface area contributed by atoms with Crippen LogP contribution in [0.2, 0.25) is 19.6 Å². The maximum Gasteiger partial charge on any atom is 0.131 e. The number of benzene rings is 1. The molecule has 0 aliphatic heterocycles. The summed E-state index contributed by atoms with van der Waals surface area (Å²) < 4.78 is 12.4. The zero-order chi connectivity index (χ0) is 17.3. The van der Waals surface area contributed by atoms with Crippen molar-refractivity contribution >= 4 is 26.2 Å². The molecule has 0 amide bonds. The van der Waals surface area contributed by atoms with Crippen LogP contribution in [0.3, 0.4) is 0 Å². The lowest BCUT2D eigenvalue weighted by molar-refractivity contribution is 0.588. The van der Waals surface area contributed by atoms with Gasteiger partial charge in [-0.1, -0.05) is 31.6 Å². The zero-order valence-electron chi connectivity index (χ0n) is 14.2. The number of aromatic nitrogens is 2. The first-order chi connectivity index (χ1) is 10.6.